The van der Waals surface area contributed by atoms with Gasteiger partial charge in [-0.1, -0.05) is 148 Å². The first-order valence-electron chi connectivity index (χ1n) is 22.7. The van der Waals surface area contributed by atoms with Gasteiger partial charge in [0.25, 0.3) is 0 Å². The summed E-state index contributed by atoms with van der Waals surface area (Å²) in [6, 6.07) is 43.9. The maximum Gasteiger partial charge on any atom is 0.306 e. The van der Waals surface area contributed by atoms with Gasteiger partial charge in [0.1, 0.15) is 12.2 Å². The first-order valence-corrected chi connectivity index (χ1v) is 26.0. The van der Waals surface area contributed by atoms with Crippen LogP contribution in [0.1, 0.15) is 109 Å². The molecule has 5 aromatic carbocycles. The molecule has 2 unspecified atom stereocenters. The maximum atomic E-state index is 13.2. The van der Waals surface area contributed by atoms with Gasteiger partial charge in [0, 0.05) is 65.0 Å². The van der Waals surface area contributed by atoms with Gasteiger partial charge in [-0.05, 0) is 84.3 Å². The second-order valence-electron chi connectivity index (χ2n) is 17.1. The Balaban J connectivity index is 0.988. The minimum Gasteiger partial charge on any atom is -0.456 e. The summed E-state index contributed by atoms with van der Waals surface area (Å²) in [5, 5.41) is 2.50. The molecule has 0 aliphatic heterocycles. The summed E-state index contributed by atoms with van der Waals surface area (Å²) in [6.45, 7) is 8.52. The van der Waals surface area contributed by atoms with Crippen molar-refractivity contribution in [2.45, 2.75) is 104 Å². The third-order valence-corrected chi connectivity index (χ3v) is 17.1. The Hall–Kier alpha value is -5.12. The lowest BCUT2D eigenvalue weighted by molar-refractivity contribution is -0.150. The van der Waals surface area contributed by atoms with Crippen molar-refractivity contribution in [3.05, 3.63) is 153 Å². The summed E-state index contributed by atoms with van der Waals surface area (Å²) in [5.41, 5.74) is 9.53. The first-order chi connectivity index (χ1) is 31.2. The van der Waals surface area contributed by atoms with Gasteiger partial charge in [-0.3, -0.25) is 9.59 Å². The summed E-state index contributed by atoms with van der Waals surface area (Å²) >= 11 is 7.15. The van der Waals surface area contributed by atoms with Crippen molar-refractivity contribution in [3.63, 3.8) is 0 Å². The van der Waals surface area contributed by atoms with Crippen LogP contribution in [0.15, 0.2) is 121 Å². The fourth-order valence-electron chi connectivity index (χ4n) is 8.41. The molecular formula is C56H54O4S4. The van der Waals surface area contributed by atoms with E-state index in [9.17, 15) is 9.59 Å². The molecular weight excluding hydrogens is 865 g/mol. The van der Waals surface area contributed by atoms with Gasteiger partial charge < -0.3 is 9.47 Å². The van der Waals surface area contributed by atoms with Gasteiger partial charge in [0.05, 0.1) is 9.40 Å². The van der Waals surface area contributed by atoms with Crippen molar-refractivity contribution in [1.82, 2.24) is 0 Å². The van der Waals surface area contributed by atoms with Gasteiger partial charge in [-0.25, -0.2) is 0 Å². The van der Waals surface area contributed by atoms with Crippen LogP contribution in [0.25, 0.3) is 61.2 Å². The third kappa shape index (κ3) is 10.1. The highest BCUT2D eigenvalue weighted by Crippen LogP contribution is 2.48. The number of rotatable bonds is 18. The number of unbranched alkanes of at least 4 members (excludes halogenated alkanes) is 4. The van der Waals surface area contributed by atoms with Gasteiger partial charge >= 0.3 is 11.9 Å². The van der Waals surface area contributed by atoms with Crippen LogP contribution in [-0.2, 0) is 31.9 Å². The highest BCUT2D eigenvalue weighted by Gasteiger charge is 2.25. The van der Waals surface area contributed by atoms with Crippen molar-refractivity contribution in [2.75, 3.05) is 0 Å². The molecule has 9 aromatic rings. The summed E-state index contributed by atoms with van der Waals surface area (Å²) in [7, 11) is 0. The highest BCUT2D eigenvalue weighted by molar-refractivity contribution is 7.34. The van der Waals surface area contributed by atoms with Gasteiger partial charge in [-0.2, -0.15) is 0 Å². The Morgan fingerprint density at radius 2 is 0.812 bits per heavy atom. The molecule has 326 valence electrons. The molecule has 8 heteroatoms. The number of benzene rings is 5. The predicted octanol–water partition coefficient (Wildman–Crippen LogP) is 17.3. The molecule has 4 nitrogen and oxygen atoms in total. The monoisotopic (exact) mass is 918 g/mol. The van der Waals surface area contributed by atoms with E-state index in [-0.39, 0.29) is 24.1 Å². The van der Waals surface area contributed by atoms with Crippen LogP contribution in [0, 0.1) is 13.8 Å². The van der Waals surface area contributed by atoms with Crippen molar-refractivity contribution >= 4 is 96.3 Å². The molecule has 0 amide bonds. The molecule has 0 bridgehead atoms. The van der Waals surface area contributed by atoms with Crippen molar-refractivity contribution in [2.24, 2.45) is 0 Å². The molecule has 4 heterocycles. The highest BCUT2D eigenvalue weighted by atomic mass is 32.1. The van der Waals surface area contributed by atoms with Crippen LogP contribution in [0.4, 0.5) is 0 Å². The van der Waals surface area contributed by atoms with Crippen molar-refractivity contribution in [3.8, 4) is 22.3 Å². The number of aryl methyl sites for hydroxylation is 2. The van der Waals surface area contributed by atoms with E-state index in [0.29, 0.717) is 25.7 Å². The topological polar surface area (TPSA) is 52.6 Å². The number of carbonyl (C=O) groups is 2. The van der Waals surface area contributed by atoms with E-state index in [1.165, 1.54) is 72.4 Å². The van der Waals surface area contributed by atoms with Crippen molar-refractivity contribution in [1.29, 1.82) is 0 Å². The van der Waals surface area contributed by atoms with E-state index >= 15 is 0 Å². The predicted molar refractivity (Wildman–Crippen MR) is 275 cm³/mol. The zero-order valence-electron chi connectivity index (χ0n) is 37.0. The molecule has 0 saturated heterocycles. The first kappa shape index (κ1) is 44.1. The zero-order valence-corrected chi connectivity index (χ0v) is 40.3. The van der Waals surface area contributed by atoms with Crippen LogP contribution in [-0.4, -0.2) is 11.9 Å². The number of thiophene rings is 4. The molecule has 0 aliphatic rings. The minimum atomic E-state index is -0.354. The molecule has 2 atom stereocenters. The lowest BCUT2D eigenvalue weighted by Gasteiger charge is -2.17. The van der Waals surface area contributed by atoms with Gasteiger partial charge in [0.2, 0.25) is 0 Å². The molecule has 4 aromatic heterocycles. The summed E-state index contributed by atoms with van der Waals surface area (Å²) < 4.78 is 20.1. The number of esters is 2. The van der Waals surface area contributed by atoms with E-state index in [4.69, 9.17) is 9.47 Å². The van der Waals surface area contributed by atoms with Crippen LogP contribution in [0.2, 0.25) is 0 Å². The molecule has 0 N–H and O–H groups in total. The standard InChI is InChI=1S/C56H54O4S4/c1-5-7-9-11-53(57)59-45(29-37-17-25-41(26-18-37)39-21-13-35(3)14-22-39)49-33-51-55(63-49)43-31-48-44(32-47(43)61-51)56-52(62-48)34-50(64-56)46(60-54(58)12-10-8-6-2)30-38-19-27-42(28-20-38)40-23-15-36(4)16-24-40/h13-28,31-34,45-46H,5-12,29-30H2,1-4H3. The number of hydrogen-bond donors (Lipinski definition) is 0. The average Bonchev–Trinajstić information content (AvgIpc) is 4.07. The Kier molecular flexibility index (Phi) is 13.7. The molecule has 0 saturated carbocycles. The molecule has 9 rings (SSSR count). The van der Waals surface area contributed by atoms with Crippen LogP contribution in [0.3, 0.4) is 0 Å². The van der Waals surface area contributed by atoms with Crippen molar-refractivity contribution < 1.29 is 19.1 Å². The second kappa shape index (κ2) is 20.0. The quantitative estimate of drug-likeness (QED) is 0.0636. The average molecular weight is 919 g/mol. The Labute approximate surface area is 392 Å². The third-order valence-electron chi connectivity index (χ3n) is 12.1. The largest absolute Gasteiger partial charge is 0.456 e. The number of ether oxygens (including phenoxy) is 2. The van der Waals surface area contributed by atoms with E-state index in [2.05, 4.69) is 149 Å². The van der Waals surface area contributed by atoms with E-state index in [1.807, 2.05) is 22.7 Å². The van der Waals surface area contributed by atoms with Crippen LogP contribution < -0.4 is 0 Å². The molecule has 0 aliphatic carbocycles. The van der Waals surface area contributed by atoms with Crippen LogP contribution >= 0.6 is 45.3 Å². The normalized spacial score (nSPS) is 12.7. The number of carbonyl (C=O) groups excluding carboxylic acids is 2. The minimum absolute atomic E-state index is 0.124. The number of hydrogen-bond acceptors (Lipinski definition) is 8. The van der Waals surface area contributed by atoms with Crippen LogP contribution in [0.5, 0.6) is 0 Å². The summed E-state index contributed by atoms with van der Waals surface area (Å²) in [4.78, 5) is 28.6. The summed E-state index contributed by atoms with van der Waals surface area (Å²) in [6.07, 6.45) is 7.30. The second-order valence-corrected chi connectivity index (χ2v) is 21.5. The van der Waals surface area contributed by atoms with E-state index in [0.717, 1.165) is 59.4 Å². The Morgan fingerprint density at radius 1 is 0.453 bits per heavy atom. The molecule has 0 spiro atoms. The SMILES string of the molecule is CCCCCC(=O)OC(Cc1ccc(-c2ccc(C)cc2)cc1)c1cc2sc3cc4c(cc3c2s1)sc1cc(C(Cc2ccc(-c3ccc(C)cc3)cc2)OC(=O)CCCCC)sc14. The Morgan fingerprint density at radius 3 is 1.17 bits per heavy atom. The lowest BCUT2D eigenvalue weighted by atomic mass is 10.0. The Bertz CT molecular complexity index is 2810. The van der Waals surface area contributed by atoms with Gasteiger partial charge in [0.15, 0.2) is 0 Å². The summed E-state index contributed by atoms with van der Waals surface area (Å²) in [5.74, 6) is -0.249. The molecule has 0 fully saturated rings. The smallest absolute Gasteiger partial charge is 0.306 e. The van der Waals surface area contributed by atoms with E-state index in [1.54, 1.807) is 22.7 Å². The fourth-order valence-corrected chi connectivity index (χ4v) is 13.6. The molecule has 0 radical (unpaired) electrons. The maximum absolute atomic E-state index is 13.2. The number of fused-ring (bicyclic) bond motifs is 6. The van der Waals surface area contributed by atoms with Gasteiger partial charge in [-0.15, -0.1) is 45.3 Å². The fraction of sp³-hybridized carbons (Fsp3) is 0.286. The van der Waals surface area contributed by atoms with E-state index < -0.39 is 0 Å². The molecule has 64 heavy (non-hydrogen) atoms. The lowest BCUT2D eigenvalue weighted by Crippen LogP contribution is -2.13. The zero-order chi connectivity index (χ0) is 44.2.